The van der Waals surface area contributed by atoms with Gasteiger partial charge in [0.05, 0.1) is 12.2 Å². The van der Waals surface area contributed by atoms with Crippen molar-refractivity contribution in [1.82, 2.24) is 0 Å². The fourth-order valence-corrected chi connectivity index (χ4v) is 1.85. The highest BCUT2D eigenvalue weighted by molar-refractivity contribution is 5.98. The minimum atomic E-state index is -0.104. The number of furan rings is 1. The number of carbonyl (C=O) groups is 1. The van der Waals surface area contributed by atoms with Gasteiger partial charge in [0.2, 0.25) is 5.78 Å². The zero-order valence-electron chi connectivity index (χ0n) is 9.22. The molecule has 0 aliphatic carbocycles. The lowest BCUT2D eigenvalue weighted by Crippen LogP contribution is -2.11. The van der Waals surface area contributed by atoms with E-state index in [0.29, 0.717) is 5.76 Å². The smallest absolute Gasteiger partial charge is 0.205 e. The van der Waals surface area contributed by atoms with Gasteiger partial charge in [0.25, 0.3) is 0 Å². The number of Topliss-reactive ketones (excluding diaryl/α,β-unsaturated/α-hetero) is 1. The molecule has 0 aliphatic heterocycles. The topological polar surface area (TPSA) is 30.2 Å². The Labute approximate surface area is 94.9 Å². The SMILES string of the molecule is CC[C@@H](C(=O)c1ccco1)c1ccccc1. The number of hydrogen-bond donors (Lipinski definition) is 0. The number of benzene rings is 1. The van der Waals surface area contributed by atoms with Gasteiger partial charge in [-0.3, -0.25) is 4.79 Å². The van der Waals surface area contributed by atoms with Gasteiger partial charge in [-0.25, -0.2) is 0 Å². The summed E-state index contributed by atoms with van der Waals surface area (Å²) in [6, 6.07) is 13.3. The average molecular weight is 214 g/mol. The second-order valence-electron chi connectivity index (χ2n) is 3.71. The van der Waals surface area contributed by atoms with E-state index in [0.717, 1.165) is 12.0 Å². The van der Waals surface area contributed by atoms with Gasteiger partial charge < -0.3 is 4.42 Å². The monoisotopic (exact) mass is 214 g/mol. The second-order valence-corrected chi connectivity index (χ2v) is 3.71. The third-order valence-corrected chi connectivity index (χ3v) is 2.69. The van der Waals surface area contributed by atoms with Crippen molar-refractivity contribution in [3.05, 3.63) is 60.1 Å². The Morgan fingerprint density at radius 1 is 1.19 bits per heavy atom. The molecule has 2 heteroatoms. The molecule has 0 spiro atoms. The molecule has 0 unspecified atom stereocenters. The fraction of sp³-hybridized carbons (Fsp3) is 0.214. The molecule has 0 radical (unpaired) electrons. The van der Waals surface area contributed by atoms with Gasteiger partial charge >= 0.3 is 0 Å². The number of carbonyl (C=O) groups excluding carboxylic acids is 1. The summed E-state index contributed by atoms with van der Waals surface area (Å²) in [5.74, 6) is 0.391. The minimum absolute atomic E-state index is 0.0544. The Kier molecular flexibility index (Phi) is 3.20. The Bertz CT molecular complexity index is 443. The van der Waals surface area contributed by atoms with Gasteiger partial charge in [0.15, 0.2) is 5.76 Å². The van der Waals surface area contributed by atoms with Gasteiger partial charge in [-0.15, -0.1) is 0 Å². The largest absolute Gasteiger partial charge is 0.461 e. The molecule has 1 aromatic carbocycles. The summed E-state index contributed by atoms with van der Waals surface area (Å²) in [5.41, 5.74) is 1.05. The van der Waals surface area contributed by atoms with Crippen molar-refractivity contribution >= 4 is 5.78 Å². The molecule has 2 rings (SSSR count). The number of ketones is 1. The highest BCUT2D eigenvalue weighted by atomic mass is 16.3. The molecule has 0 aliphatic rings. The first-order chi connectivity index (χ1) is 7.83. The Morgan fingerprint density at radius 2 is 1.94 bits per heavy atom. The van der Waals surface area contributed by atoms with E-state index in [1.807, 2.05) is 37.3 Å². The van der Waals surface area contributed by atoms with Crippen molar-refractivity contribution in [3.8, 4) is 0 Å². The molecule has 82 valence electrons. The van der Waals surface area contributed by atoms with Gasteiger partial charge in [0.1, 0.15) is 0 Å². The number of rotatable bonds is 4. The van der Waals surface area contributed by atoms with Crippen LogP contribution in [0.5, 0.6) is 0 Å². The van der Waals surface area contributed by atoms with Gasteiger partial charge in [-0.05, 0) is 24.1 Å². The van der Waals surface area contributed by atoms with Crippen LogP contribution in [0.3, 0.4) is 0 Å². The zero-order valence-corrected chi connectivity index (χ0v) is 9.22. The molecule has 0 bridgehead atoms. The van der Waals surface area contributed by atoms with Crippen molar-refractivity contribution in [2.75, 3.05) is 0 Å². The van der Waals surface area contributed by atoms with E-state index >= 15 is 0 Å². The van der Waals surface area contributed by atoms with E-state index < -0.39 is 0 Å². The maximum absolute atomic E-state index is 12.1. The van der Waals surface area contributed by atoms with Crippen LogP contribution in [-0.4, -0.2) is 5.78 Å². The lowest BCUT2D eigenvalue weighted by atomic mass is 9.91. The first-order valence-corrected chi connectivity index (χ1v) is 5.45. The van der Waals surface area contributed by atoms with Crippen LogP contribution in [0, 0.1) is 0 Å². The summed E-state index contributed by atoms with van der Waals surface area (Å²) in [4.78, 5) is 12.1. The third kappa shape index (κ3) is 2.06. The first kappa shape index (κ1) is 10.7. The Morgan fingerprint density at radius 3 is 2.50 bits per heavy atom. The average Bonchev–Trinajstić information content (AvgIpc) is 2.85. The van der Waals surface area contributed by atoms with Crippen molar-refractivity contribution in [2.45, 2.75) is 19.3 Å². The van der Waals surface area contributed by atoms with E-state index in [-0.39, 0.29) is 11.7 Å². The molecule has 1 heterocycles. The third-order valence-electron chi connectivity index (χ3n) is 2.69. The fourth-order valence-electron chi connectivity index (χ4n) is 1.85. The summed E-state index contributed by atoms with van der Waals surface area (Å²) in [6.07, 6.45) is 2.31. The molecule has 0 fully saturated rings. The van der Waals surface area contributed by atoms with Crippen LogP contribution in [0.15, 0.2) is 53.1 Å². The van der Waals surface area contributed by atoms with Crippen LogP contribution in [0.2, 0.25) is 0 Å². The van der Waals surface area contributed by atoms with E-state index in [9.17, 15) is 4.79 Å². The standard InChI is InChI=1S/C14H14O2/c1-2-12(11-7-4-3-5-8-11)14(15)13-9-6-10-16-13/h3-10,12H,2H2,1H3/t12-/m1/s1. The van der Waals surface area contributed by atoms with Gasteiger partial charge in [0, 0.05) is 0 Å². The van der Waals surface area contributed by atoms with Crippen LogP contribution >= 0.6 is 0 Å². The van der Waals surface area contributed by atoms with E-state index in [2.05, 4.69) is 0 Å². The summed E-state index contributed by atoms with van der Waals surface area (Å²) in [6.45, 7) is 2.01. The predicted molar refractivity (Wildman–Crippen MR) is 62.5 cm³/mol. The zero-order chi connectivity index (χ0) is 11.4. The molecular formula is C14H14O2. The summed E-state index contributed by atoms with van der Waals surface area (Å²) >= 11 is 0. The molecule has 0 N–H and O–H groups in total. The molecule has 1 aromatic heterocycles. The van der Waals surface area contributed by atoms with Gasteiger partial charge in [-0.2, -0.15) is 0 Å². The summed E-state index contributed by atoms with van der Waals surface area (Å²) < 4.78 is 5.15. The predicted octanol–water partition coefficient (Wildman–Crippen LogP) is 3.66. The molecular weight excluding hydrogens is 200 g/mol. The molecule has 1 atom stereocenters. The maximum atomic E-state index is 12.1. The first-order valence-electron chi connectivity index (χ1n) is 5.45. The van der Waals surface area contributed by atoms with E-state index in [1.54, 1.807) is 12.1 Å². The van der Waals surface area contributed by atoms with Crippen molar-refractivity contribution < 1.29 is 9.21 Å². The lowest BCUT2D eigenvalue weighted by Gasteiger charge is -2.12. The van der Waals surface area contributed by atoms with Crippen LogP contribution in [0.25, 0.3) is 0 Å². The molecule has 0 saturated heterocycles. The highest BCUT2D eigenvalue weighted by Crippen LogP contribution is 2.24. The molecule has 2 aromatic rings. The van der Waals surface area contributed by atoms with Crippen molar-refractivity contribution in [3.63, 3.8) is 0 Å². The van der Waals surface area contributed by atoms with E-state index in [1.165, 1.54) is 6.26 Å². The normalized spacial score (nSPS) is 12.3. The van der Waals surface area contributed by atoms with Crippen LogP contribution < -0.4 is 0 Å². The number of hydrogen-bond acceptors (Lipinski definition) is 2. The Hall–Kier alpha value is -1.83. The van der Waals surface area contributed by atoms with Gasteiger partial charge in [-0.1, -0.05) is 37.3 Å². The molecule has 2 nitrogen and oxygen atoms in total. The van der Waals surface area contributed by atoms with Crippen molar-refractivity contribution in [2.24, 2.45) is 0 Å². The van der Waals surface area contributed by atoms with Crippen LogP contribution in [0.4, 0.5) is 0 Å². The van der Waals surface area contributed by atoms with Crippen molar-refractivity contribution in [1.29, 1.82) is 0 Å². The molecule has 0 saturated carbocycles. The molecule has 0 amide bonds. The summed E-state index contributed by atoms with van der Waals surface area (Å²) in [5, 5.41) is 0. The summed E-state index contributed by atoms with van der Waals surface area (Å²) in [7, 11) is 0. The minimum Gasteiger partial charge on any atom is -0.461 e. The maximum Gasteiger partial charge on any atom is 0.205 e. The second kappa shape index (κ2) is 4.79. The highest BCUT2D eigenvalue weighted by Gasteiger charge is 2.21. The van der Waals surface area contributed by atoms with Crippen LogP contribution in [0.1, 0.15) is 35.4 Å². The molecule has 16 heavy (non-hydrogen) atoms. The van der Waals surface area contributed by atoms with Crippen LogP contribution in [-0.2, 0) is 0 Å². The quantitative estimate of drug-likeness (QED) is 0.727. The lowest BCUT2D eigenvalue weighted by molar-refractivity contribution is 0.0930. The van der Waals surface area contributed by atoms with E-state index in [4.69, 9.17) is 4.42 Å². The Balaban J connectivity index is 2.27.